The van der Waals surface area contributed by atoms with Gasteiger partial charge >= 0.3 is 6.03 Å². The molecule has 2 aromatic rings. The van der Waals surface area contributed by atoms with Crippen LogP contribution >= 0.6 is 11.5 Å². The zero-order valence-electron chi connectivity index (χ0n) is 18.3. The number of carbonyl (C=O) groups excluding carboxylic acids is 2. The molecule has 1 aromatic carbocycles. The average Bonchev–Trinajstić information content (AvgIpc) is 3.54. The molecule has 0 bridgehead atoms. The van der Waals surface area contributed by atoms with E-state index >= 15 is 0 Å². The van der Waals surface area contributed by atoms with Gasteiger partial charge in [-0.15, -0.1) is 0 Å². The van der Waals surface area contributed by atoms with Crippen LogP contribution in [0.2, 0.25) is 0 Å². The Morgan fingerprint density at radius 1 is 1.27 bits per heavy atom. The number of urea groups is 1. The first-order valence-corrected chi connectivity index (χ1v) is 11.9. The second-order valence-corrected chi connectivity index (χ2v) is 8.88. The van der Waals surface area contributed by atoms with E-state index in [4.69, 9.17) is 15.2 Å². The normalized spacial score (nSPS) is 15.2. The maximum absolute atomic E-state index is 14.6. The molecule has 2 aliphatic rings. The van der Waals surface area contributed by atoms with Gasteiger partial charge in [0.05, 0.1) is 6.61 Å². The van der Waals surface area contributed by atoms with Crippen molar-refractivity contribution < 1.29 is 23.5 Å². The van der Waals surface area contributed by atoms with Crippen LogP contribution in [0.15, 0.2) is 12.1 Å². The molecule has 2 aliphatic heterocycles. The number of rotatable bonds is 10. The topological polar surface area (TPSA) is 119 Å². The third-order valence-corrected chi connectivity index (χ3v) is 6.51. The predicted octanol–water partition coefficient (Wildman–Crippen LogP) is 2.89. The van der Waals surface area contributed by atoms with Crippen LogP contribution in [-0.4, -0.2) is 54.0 Å². The first kappa shape index (κ1) is 23.2. The zero-order chi connectivity index (χ0) is 23.2. The molecule has 0 spiro atoms. The number of carbonyl (C=O) groups is 2. The molecule has 0 radical (unpaired) electrons. The van der Waals surface area contributed by atoms with Crippen LogP contribution in [0.5, 0.6) is 11.6 Å². The number of halogens is 1. The van der Waals surface area contributed by atoms with E-state index in [0.29, 0.717) is 19.6 Å². The van der Waals surface area contributed by atoms with E-state index in [1.165, 1.54) is 12.8 Å². The molecule has 1 aromatic heterocycles. The Morgan fingerprint density at radius 3 is 2.88 bits per heavy atom. The van der Waals surface area contributed by atoms with Crippen LogP contribution in [0.25, 0.3) is 0 Å². The van der Waals surface area contributed by atoms with Crippen molar-refractivity contribution in [2.45, 2.75) is 38.7 Å². The van der Waals surface area contributed by atoms with Gasteiger partial charge in [-0.3, -0.25) is 10.1 Å². The second-order valence-electron chi connectivity index (χ2n) is 8.11. The monoisotopic (exact) mass is 477 g/mol. The Hall–Kier alpha value is -2.92. The highest BCUT2D eigenvalue weighted by atomic mass is 32.1. The van der Waals surface area contributed by atoms with E-state index in [-0.39, 0.29) is 34.4 Å². The molecule has 0 saturated carbocycles. The van der Waals surface area contributed by atoms with Crippen molar-refractivity contribution in [2.24, 2.45) is 5.73 Å². The fourth-order valence-corrected chi connectivity index (χ4v) is 4.74. The number of unbranched alkanes of at least 4 members (excludes halogenated alkanes) is 1. The molecule has 4 N–H and O–H groups in total. The van der Waals surface area contributed by atoms with Crippen LogP contribution in [0.4, 0.5) is 14.2 Å². The van der Waals surface area contributed by atoms with E-state index < -0.39 is 17.8 Å². The summed E-state index contributed by atoms with van der Waals surface area (Å²) >= 11 is 0.880. The van der Waals surface area contributed by atoms with Crippen molar-refractivity contribution in [1.82, 2.24) is 14.6 Å². The average molecular weight is 478 g/mol. The number of nitrogens with one attached hydrogen (secondary N) is 2. The third kappa shape index (κ3) is 5.72. The van der Waals surface area contributed by atoms with Gasteiger partial charge in [-0.1, -0.05) is 12.1 Å². The van der Waals surface area contributed by atoms with Crippen LogP contribution in [0.3, 0.4) is 0 Å². The Morgan fingerprint density at radius 2 is 2.09 bits per heavy atom. The molecule has 0 aliphatic carbocycles. The minimum atomic E-state index is -0.794. The quantitative estimate of drug-likeness (QED) is 0.453. The first-order valence-electron chi connectivity index (χ1n) is 11.2. The molecule has 9 nitrogen and oxygen atoms in total. The zero-order valence-corrected chi connectivity index (χ0v) is 19.1. The largest absolute Gasteiger partial charge is 0.490 e. The lowest BCUT2D eigenvalue weighted by molar-refractivity contribution is 0.0996. The minimum absolute atomic E-state index is 0.0398. The second kappa shape index (κ2) is 10.8. The lowest BCUT2D eigenvalue weighted by Crippen LogP contribution is -2.30. The van der Waals surface area contributed by atoms with Gasteiger partial charge in [-0.2, -0.15) is 4.37 Å². The number of fused-ring (bicyclic) bond motifs is 1. The summed E-state index contributed by atoms with van der Waals surface area (Å²) in [6.45, 7) is 4.17. The third-order valence-electron chi connectivity index (χ3n) is 5.76. The van der Waals surface area contributed by atoms with E-state index in [1.54, 1.807) is 12.1 Å². The number of nitrogens with two attached hydrogens (primary N) is 1. The summed E-state index contributed by atoms with van der Waals surface area (Å²) in [6, 6.07) is 2.97. The lowest BCUT2D eigenvalue weighted by atomic mass is 10.1. The summed E-state index contributed by atoms with van der Waals surface area (Å²) < 4.78 is 29.6. The number of ether oxygens (including phenoxy) is 2. The van der Waals surface area contributed by atoms with Crippen molar-refractivity contribution >= 4 is 28.5 Å². The maximum atomic E-state index is 14.6. The highest BCUT2D eigenvalue weighted by molar-refractivity contribution is 7.11. The number of nitrogens with zero attached hydrogens (tertiary/aromatic N) is 2. The summed E-state index contributed by atoms with van der Waals surface area (Å²) in [6.07, 6.45) is 5.07. The molecule has 3 heterocycles. The molecule has 0 atom stereocenters. The van der Waals surface area contributed by atoms with Crippen LogP contribution in [0, 0.1) is 5.82 Å². The molecule has 1 fully saturated rings. The van der Waals surface area contributed by atoms with Gasteiger partial charge in [0.1, 0.15) is 17.2 Å². The Bertz CT molecular complexity index is 1010. The van der Waals surface area contributed by atoms with Crippen LogP contribution in [0.1, 0.15) is 47.2 Å². The molecule has 11 heteroatoms. The number of primary amides is 1. The summed E-state index contributed by atoms with van der Waals surface area (Å²) in [7, 11) is 0. The molecular weight excluding hydrogens is 449 g/mol. The van der Waals surface area contributed by atoms with Gasteiger partial charge in [0, 0.05) is 24.1 Å². The minimum Gasteiger partial charge on any atom is -0.490 e. The number of likely N-dealkylation sites (tertiary alicyclic amines) is 1. The lowest BCUT2D eigenvalue weighted by Gasteiger charge is -2.14. The van der Waals surface area contributed by atoms with Crippen molar-refractivity contribution in [3.8, 4) is 11.6 Å². The smallest absolute Gasteiger partial charge is 0.319 e. The first-order chi connectivity index (χ1) is 16.0. The SMILES string of the molecule is NC(=O)c1c(OCc2ccc3c(c2F)OCC3)nsc1NC(=O)NCCCCN1CCCC1. The van der Waals surface area contributed by atoms with E-state index in [1.807, 2.05) is 0 Å². The molecule has 3 amide bonds. The van der Waals surface area contributed by atoms with Gasteiger partial charge in [0.2, 0.25) is 5.88 Å². The number of anilines is 1. The number of hydrogen-bond donors (Lipinski definition) is 3. The van der Waals surface area contributed by atoms with Crippen LogP contribution < -0.4 is 25.8 Å². The molecular formula is C22H28FN5O4S. The van der Waals surface area contributed by atoms with Crippen LogP contribution in [-0.2, 0) is 13.0 Å². The van der Waals surface area contributed by atoms with Gasteiger partial charge in [-0.05, 0) is 56.9 Å². The van der Waals surface area contributed by atoms with Crippen molar-refractivity contribution in [2.75, 3.05) is 38.1 Å². The number of hydrogen-bond acceptors (Lipinski definition) is 7. The van der Waals surface area contributed by atoms with Crippen molar-refractivity contribution in [3.05, 3.63) is 34.6 Å². The Balaban J connectivity index is 1.29. The molecule has 33 heavy (non-hydrogen) atoms. The van der Waals surface area contributed by atoms with E-state index in [9.17, 15) is 14.0 Å². The van der Waals surface area contributed by atoms with Gasteiger partial charge in [-0.25, -0.2) is 9.18 Å². The fraction of sp³-hybridized carbons (Fsp3) is 0.500. The van der Waals surface area contributed by atoms with E-state index in [2.05, 4.69) is 19.9 Å². The molecule has 1 saturated heterocycles. The van der Waals surface area contributed by atoms with Gasteiger partial charge < -0.3 is 25.4 Å². The highest BCUT2D eigenvalue weighted by Gasteiger charge is 2.24. The van der Waals surface area contributed by atoms with Crippen molar-refractivity contribution in [1.29, 1.82) is 0 Å². The van der Waals surface area contributed by atoms with Gasteiger partial charge in [0.15, 0.2) is 11.6 Å². The number of amides is 3. The summed E-state index contributed by atoms with van der Waals surface area (Å²) in [5.41, 5.74) is 6.54. The summed E-state index contributed by atoms with van der Waals surface area (Å²) in [4.78, 5) is 26.6. The summed E-state index contributed by atoms with van der Waals surface area (Å²) in [5, 5.41) is 5.57. The molecule has 178 valence electrons. The van der Waals surface area contributed by atoms with E-state index in [0.717, 1.165) is 49.6 Å². The van der Waals surface area contributed by atoms with Gasteiger partial charge in [0.25, 0.3) is 5.91 Å². The standard InChI is InChI=1S/C22H28FN5O4S/c23-17-15(6-5-14-7-12-31-18(14)17)13-32-20-16(19(24)29)21(33-27-20)26-22(30)25-8-1-2-9-28-10-3-4-11-28/h5-6H,1-4,7-13H2,(H2,24,29)(H2,25,26,30). The predicted molar refractivity (Wildman–Crippen MR) is 122 cm³/mol. The maximum Gasteiger partial charge on any atom is 0.319 e. The highest BCUT2D eigenvalue weighted by Crippen LogP contribution is 2.33. The number of aromatic nitrogens is 1. The Kier molecular flexibility index (Phi) is 7.61. The van der Waals surface area contributed by atoms with Crippen molar-refractivity contribution in [3.63, 3.8) is 0 Å². The summed E-state index contributed by atoms with van der Waals surface area (Å²) in [5.74, 6) is -1.08. The molecule has 0 unspecified atom stereocenters. The Labute approximate surface area is 195 Å². The molecule has 4 rings (SSSR count). The number of benzene rings is 1. The fourth-order valence-electron chi connectivity index (χ4n) is 4.00.